The fourth-order valence-corrected chi connectivity index (χ4v) is 5.61. The third-order valence-electron chi connectivity index (χ3n) is 7.41. The van der Waals surface area contributed by atoms with Crippen LogP contribution in [-0.4, -0.2) is 39.7 Å². The van der Waals surface area contributed by atoms with E-state index in [4.69, 9.17) is 4.74 Å². The molecular weight excluding hydrogens is 434 g/mol. The predicted octanol–water partition coefficient (Wildman–Crippen LogP) is 6.25. The molecule has 1 aliphatic heterocycles. The van der Waals surface area contributed by atoms with Gasteiger partial charge in [-0.1, -0.05) is 43.7 Å². The first-order valence-corrected chi connectivity index (χ1v) is 12.8. The summed E-state index contributed by atoms with van der Waals surface area (Å²) >= 11 is 0. The smallest absolute Gasteiger partial charge is 0.340 e. The number of ether oxygens (including phenoxy) is 1. The van der Waals surface area contributed by atoms with Gasteiger partial charge in [-0.3, -0.25) is 0 Å². The van der Waals surface area contributed by atoms with Gasteiger partial charge in [0.2, 0.25) is 0 Å². The van der Waals surface area contributed by atoms with Crippen molar-refractivity contribution in [3.05, 3.63) is 76.9 Å². The van der Waals surface area contributed by atoms with Crippen LogP contribution >= 0.6 is 0 Å². The van der Waals surface area contributed by atoms with Gasteiger partial charge in [-0.05, 0) is 55.7 Å². The number of rotatable bonds is 8. The molecule has 5 nitrogen and oxygen atoms in total. The molecule has 1 aliphatic carbocycles. The largest absolute Gasteiger partial charge is 0.440 e. The molecule has 3 aromatic carbocycles. The molecule has 1 unspecified atom stereocenters. The van der Waals surface area contributed by atoms with Crippen LogP contribution in [0.1, 0.15) is 60.7 Å². The Morgan fingerprint density at radius 2 is 1.57 bits per heavy atom. The number of carbonyl (C=O) groups is 1. The highest BCUT2D eigenvalue weighted by Crippen LogP contribution is 2.59. The molecule has 3 aromatic rings. The SMILES string of the molecule is CCCCNc1cc(N(CC)CC)cc2c1C1(OC2=O)c2ccccc2-c2cc(N(C)C)ccc21. The summed E-state index contributed by atoms with van der Waals surface area (Å²) in [6.45, 7) is 9.09. The van der Waals surface area contributed by atoms with Crippen molar-refractivity contribution in [3.8, 4) is 11.1 Å². The third kappa shape index (κ3) is 3.48. The van der Waals surface area contributed by atoms with Gasteiger partial charge in [-0.2, -0.15) is 0 Å². The summed E-state index contributed by atoms with van der Waals surface area (Å²) in [6.07, 6.45) is 2.16. The number of anilines is 3. The number of esters is 1. The van der Waals surface area contributed by atoms with Crippen LogP contribution in [0.15, 0.2) is 54.6 Å². The maximum Gasteiger partial charge on any atom is 0.340 e. The van der Waals surface area contributed by atoms with Crippen molar-refractivity contribution in [1.82, 2.24) is 0 Å². The molecule has 0 saturated heterocycles. The molecule has 1 spiro atoms. The number of hydrogen-bond donors (Lipinski definition) is 1. The van der Waals surface area contributed by atoms with Gasteiger partial charge in [-0.15, -0.1) is 0 Å². The highest BCUT2D eigenvalue weighted by molar-refractivity contribution is 6.02. The first kappa shape index (κ1) is 23.3. The van der Waals surface area contributed by atoms with Crippen molar-refractivity contribution in [3.63, 3.8) is 0 Å². The van der Waals surface area contributed by atoms with E-state index in [9.17, 15) is 4.79 Å². The third-order valence-corrected chi connectivity index (χ3v) is 7.41. The summed E-state index contributed by atoms with van der Waals surface area (Å²) < 4.78 is 6.47. The van der Waals surface area contributed by atoms with Crippen LogP contribution in [0.3, 0.4) is 0 Å². The lowest BCUT2D eigenvalue weighted by Gasteiger charge is -2.30. The Morgan fingerprint density at radius 1 is 0.857 bits per heavy atom. The average Bonchev–Trinajstić information content (AvgIpc) is 3.32. The first-order valence-electron chi connectivity index (χ1n) is 12.8. The highest BCUT2D eigenvalue weighted by atomic mass is 16.6. The van der Waals surface area contributed by atoms with E-state index in [1.807, 2.05) is 26.2 Å². The first-order chi connectivity index (χ1) is 17.0. The minimum Gasteiger partial charge on any atom is -0.440 e. The van der Waals surface area contributed by atoms with E-state index in [1.54, 1.807) is 0 Å². The summed E-state index contributed by atoms with van der Waals surface area (Å²) in [7, 11) is 4.10. The van der Waals surface area contributed by atoms with Crippen LogP contribution < -0.4 is 15.1 Å². The van der Waals surface area contributed by atoms with E-state index in [2.05, 4.69) is 78.4 Å². The van der Waals surface area contributed by atoms with Gasteiger partial charge in [-0.25, -0.2) is 4.79 Å². The molecule has 0 amide bonds. The molecule has 0 saturated carbocycles. The Bertz CT molecular complexity index is 1280. The van der Waals surface area contributed by atoms with Gasteiger partial charge in [0.25, 0.3) is 0 Å². The molecule has 35 heavy (non-hydrogen) atoms. The number of unbranched alkanes of at least 4 members (excludes halogenated alkanes) is 1. The highest BCUT2D eigenvalue weighted by Gasteiger charge is 2.55. The zero-order chi connectivity index (χ0) is 24.7. The molecule has 0 aromatic heterocycles. The van der Waals surface area contributed by atoms with Crippen LogP contribution in [0.5, 0.6) is 0 Å². The molecule has 1 N–H and O–H groups in total. The van der Waals surface area contributed by atoms with E-state index in [0.29, 0.717) is 5.56 Å². The Hall–Kier alpha value is -3.47. The fourth-order valence-electron chi connectivity index (χ4n) is 5.61. The zero-order valence-corrected chi connectivity index (χ0v) is 21.4. The molecule has 2 aliphatic rings. The minimum absolute atomic E-state index is 0.258. The number of fused-ring (bicyclic) bond motifs is 7. The summed E-state index contributed by atoms with van der Waals surface area (Å²) in [5, 5.41) is 3.69. The van der Waals surface area contributed by atoms with E-state index in [0.717, 1.165) is 77.4 Å². The van der Waals surface area contributed by atoms with Gasteiger partial charge in [0.05, 0.1) is 5.56 Å². The second-order valence-electron chi connectivity index (χ2n) is 9.61. The van der Waals surface area contributed by atoms with Crippen LogP contribution in [0.25, 0.3) is 11.1 Å². The lowest BCUT2D eigenvalue weighted by molar-refractivity contribution is 0.0266. The second-order valence-corrected chi connectivity index (χ2v) is 9.61. The molecule has 0 radical (unpaired) electrons. The number of carbonyl (C=O) groups excluding carboxylic acids is 1. The molecule has 1 heterocycles. The molecule has 1 atom stereocenters. The van der Waals surface area contributed by atoms with Crippen LogP contribution in [0, 0.1) is 0 Å². The normalized spacial score (nSPS) is 17.1. The number of hydrogen-bond acceptors (Lipinski definition) is 5. The van der Waals surface area contributed by atoms with Crippen molar-refractivity contribution in [2.45, 2.75) is 39.2 Å². The Labute approximate surface area is 208 Å². The number of benzene rings is 3. The monoisotopic (exact) mass is 469 g/mol. The molecule has 0 bridgehead atoms. The number of nitrogens with zero attached hydrogens (tertiary/aromatic N) is 2. The van der Waals surface area contributed by atoms with Gasteiger partial charge in [0.15, 0.2) is 5.60 Å². The second kappa shape index (κ2) is 8.95. The summed E-state index contributed by atoms with van der Waals surface area (Å²) in [5.41, 5.74) is 8.14. The van der Waals surface area contributed by atoms with E-state index in [1.165, 1.54) is 0 Å². The fraction of sp³-hybridized carbons (Fsp3) is 0.367. The Kier molecular flexibility index (Phi) is 5.96. The number of nitrogens with one attached hydrogen (secondary N) is 1. The Morgan fingerprint density at radius 3 is 2.29 bits per heavy atom. The summed E-state index contributed by atoms with van der Waals surface area (Å²) in [6, 6.07) is 19.1. The zero-order valence-electron chi connectivity index (χ0n) is 21.4. The Balaban J connectivity index is 1.79. The lowest BCUT2D eigenvalue weighted by Crippen LogP contribution is -2.28. The minimum atomic E-state index is -0.945. The van der Waals surface area contributed by atoms with E-state index < -0.39 is 5.60 Å². The van der Waals surface area contributed by atoms with E-state index in [-0.39, 0.29) is 5.97 Å². The van der Waals surface area contributed by atoms with Crippen LogP contribution in [0.2, 0.25) is 0 Å². The summed E-state index contributed by atoms with van der Waals surface area (Å²) in [5.74, 6) is -0.258. The topological polar surface area (TPSA) is 44.8 Å². The van der Waals surface area contributed by atoms with Crippen molar-refractivity contribution >= 4 is 23.0 Å². The molecule has 0 fully saturated rings. The van der Waals surface area contributed by atoms with Gasteiger partial charge in [0, 0.05) is 67.5 Å². The van der Waals surface area contributed by atoms with Crippen molar-refractivity contribution in [2.75, 3.05) is 48.8 Å². The van der Waals surface area contributed by atoms with Gasteiger partial charge < -0.3 is 19.9 Å². The maximum atomic E-state index is 13.6. The summed E-state index contributed by atoms with van der Waals surface area (Å²) in [4.78, 5) is 18.0. The quantitative estimate of drug-likeness (QED) is 0.312. The van der Waals surface area contributed by atoms with Crippen molar-refractivity contribution < 1.29 is 9.53 Å². The molecule has 5 heteroatoms. The van der Waals surface area contributed by atoms with Gasteiger partial charge in [0.1, 0.15) is 0 Å². The molecule has 182 valence electrons. The van der Waals surface area contributed by atoms with E-state index >= 15 is 0 Å². The maximum absolute atomic E-state index is 13.6. The van der Waals surface area contributed by atoms with Crippen molar-refractivity contribution in [1.29, 1.82) is 0 Å². The van der Waals surface area contributed by atoms with Crippen LogP contribution in [-0.2, 0) is 10.3 Å². The average molecular weight is 470 g/mol. The van der Waals surface area contributed by atoms with Crippen LogP contribution in [0.4, 0.5) is 17.1 Å². The molecule has 5 rings (SSSR count). The van der Waals surface area contributed by atoms with Crippen molar-refractivity contribution in [2.24, 2.45) is 0 Å². The predicted molar refractivity (Wildman–Crippen MR) is 145 cm³/mol. The lowest BCUT2D eigenvalue weighted by atomic mass is 9.82. The standard InChI is InChI=1S/C30H35N3O2/c1-6-9-16-31-27-19-21(33(7-2)8-3)18-24-28(27)30(35-29(24)34)25-13-11-10-12-22(25)23-17-20(32(4)5)14-15-26(23)30/h10-15,17-19,31H,6-9,16H2,1-5H3. The van der Waals surface area contributed by atoms with Gasteiger partial charge >= 0.3 is 5.97 Å². The molecular formula is C30H35N3O2.